The minimum atomic E-state index is -3.72. The number of pyridine rings is 1. The monoisotopic (exact) mass is 474 g/mol. The largest absolute Gasteiger partial charge is 0.353 e. The SMILES string of the molecule is O=S(=O)(Nc1cnc(N2CCN(c3ccccn3)CC2)nc1)c1ccccc1Br. The zero-order valence-electron chi connectivity index (χ0n) is 15.4. The van der Waals surface area contributed by atoms with Crippen molar-refractivity contribution in [3.8, 4) is 0 Å². The van der Waals surface area contributed by atoms with Gasteiger partial charge in [-0.25, -0.2) is 23.4 Å². The van der Waals surface area contributed by atoms with Crippen molar-refractivity contribution in [2.75, 3.05) is 40.7 Å². The fourth-order valence-electron chi connectivity index (χ4n) is 3.09. The summed E-state index contributed by atoms with van der Waals surface area (Å²) in [5.74, 6) is 1.54. The lowest BCUT2D eigenvalue weighted by molar-refractivity contribution is 0.600. The van der Waals surface area contributed by atoms with E-state index >= 15 is 0 Å². The number of hydrogen-bond acceptors (Lipinski definition) is 7. The molecule has 0 saturated carbocycles. The molecular formula is C19H19BrN6O2S. The van der Waals surface area contributed by atoms with Crippen LogP contribution < -0.4 is 14.5 Å². The van der Waals surface area contributed by atoms with Crippen molar-refractivity contribution in [2.45, 2.75) is 4.90 Å². The molecule has 1 aromatic carbocycles. The van der Waals surface area contributed by atoms with E-state index in [1.807, 2.05) is 18.2 Å². The molecular weight excluding hydrogens is 456 g/mol. The maximum atomic E-state index is 12.6. The van der Waals surface area contributed by atoms with Crippen molar-refractivity contribution in [1.82, 2.24) is 15.0 Å². The van der Waals surface area contributed by atoms with Gasteiger partial charge in [-0.2, -0.15) is 0 Å². The molecule has 0 unspecified atom stereocenters. The summed E-state index contributed by atoms with van der Waals surface area (Å²) in [6.07, 6.45) is 4.77. The summed E-state index contributed by atoms with van der Waals surface area (Å²) < 4.78 is 28.1. The van der Waals surface area contributed by atoms with E-state index in [2.05, 4.69) is 45.4 Å². The molecule has 2 aromatic heterocycles. The highest BCUT2D eigenvalue weighted by Crippen LogP contribution is 2.24. The zero-order valence-corrected chi connectivity index (χ0v) is 17.8. The number of benzene rings is 1. The average Bonchev–Trinajstić information content (AvgIpc) is 2.75. The molecule has 1 aliphatic rings. The van der Waals surface area contributed by atoms with Crippen molar-refractivity contribution >= 4 is 43.4 Å². The third-order valence-electron chi connectivity index (χ3n) is 4.55. The molecule has 1 N–H and O–H groups in total. The standard InChI is InChI=1S/C19H19BrN6O2S/c20-16-5-1-2-6-17(16)29(27,28)24-15-13-22-19(23-14-15)26-11-9-25(10-12-26)18-7-3-4-8-21-18/h1-8,13-14,24H,9-12H2. The zero-order chi connectivity index (χ0) is 20.3. The lowest BCUT2D eigenvalue weighted by Crippen LogP contribution is -2.47. The first-order chi connectivity index (χ1) is 14.0. The summed E-state index contributed by atoms with van der Waals surface area (Å²) in [6.45, 7) is 3.16. The molecule has 0 spiro atoms. The number of nitrogens with zero attached hydrogens (tertiary/aromatic N) is 5. The second kappa shape index (κ2) is 8.34. The Kier molecular flexibility index (Phi) is 5.63. The van der Waals surface area contributed by atoms with E-state index in [-0.39, 0.29) is 4.90 Å². The van der Waals surface area contributed by atoms with Crippen molar-refractivity contribution in [1.29, 1.82) is 0 Å². The minimum absolute atomic E-state index is 0.162. The van der Waals surface area contributed by atoms with Crippen LogP contribution in [0.3, 0.4) is 0 Å². The second-order valence-electron chi connectivity index (χ2n) is 6.47. The summed E-state index contributed by atoms with van der Waals surface area (Å²) in [5.41, 5.74) is 0.316. The van der Waals surface area contributed by atoms with Gasteiger partial charge in [-0.15, -0.1) is 0 Å². The normalized spacial score (nSPS) is 14.7. The Hall–Kier alpha value is -2.72. The number of halogens is 1. The molecule has 4 rings (SSSR count). The highest BCUT2D eigenvalue weighted by atomic mass is 79.9. The molecule has 0 atom stereocenters. The van der Waals surface area contributed by atoms with Crippen LogP contribution in [-0.2, 0) is 10.0 Å². The third kappa shape index (κ3) is 4.48. The van der Waals surface area contributed by atoms with E-state index in [1.165, 1.54) is 18.5 Å². The number of rotatable bonds is 5. The topological polar surface area (TPSA) is 91.3 Å². The molecule has 10 heteroatoms. The number of hydrogen-bond donors (Lipinski definition) is 1. The number of piperazine rings is 1. The van der Waals surface area contributed by atoms with Crippen LogP contribution in [0.15, 0.2) is 70.4 Å². The third-order valence-corrected chi connectivity index (χ3v) is 6.95. The van der Waals surface area contributed by atoms with Crippen molar-refractivity contribution < 1.29 is 8.42 Å². The van der Waals surface area contributed by atoms with E-state index in [4.69, 9.17) is 0 Å². The quantitative estimate of drug-likeness (QED) is 0.607. The van der Waals surface area contributed by atoms with Gasteiger partial charge in [-0.05, 0) is 40.2 Å². The number of nitrogens with one attached hydrogen (secondary N) is 1. The number of aromatic nitrogens is 3. The van der Waals surface area contributed by atoms with Crippen LogP contribution in [-0.4, -0.2) is 49.5 Å². The molecule has 0 radical (unpaired) electrons. The predicted octanol–water partition coefficient (Wildman–Crippen LogP) is 2.76. The van der Waals surface area contributed by atoms with Crippen LogP contribution in [0.5, 0.6) is 0 Å². The lowest BCUT2D eigenvalue weighted by Gasteiger charge is -2.35. The molecule has 1 fully saturated rings. The molecule has 1 saturated heterocycles. The fraction of sp³-hybridized carbons (Fsp3) is 0.211. The minimum Gasteiger partial charge on any atom is -0.353 e. The number of sulfonamides is 1. The predicted molar refractivity (Wildman–Crippen MR) is 116 cm³/mol. The van der Waals surface area contributed by atoms with Gasteiger partial charge in [0, 0.05) is 36.8 Å². The van der Waals surface area contributed by atoms with Crippen LogP contribution in [0.25, 0.3) is 0 Å². The van der Waals surface area contributed by atoms with Crippen molar-refractivity contribution in [2.24, 2.45) is 0 Å². The van der Waals surface area contributed by atoms with E-state index in [1.54, 1.807) is 24.4 Å². The summed E-state index contributed by atoms with van der Waals surface area (Å²) in [6, 6.07) is 12.5. The van der Waals surface area contributed by atoms with Crippen LogP contribution in [0.4, 0.5) is 17.5 Å². The Bertz CT molecular complexity index is 1070. The van der Waals surface area contributed by atoms with E-state index in [0.29, 0.717) is 16.1 Å². The van der Waals surface area contributed by atoms with Gasteiger partial charge in [0.05, 0.1) is 18.1 Å². The molecule has 1 aliphatic heterocycles. The Morgan fingerprint density at radius 3 is 2.17 bits per heavy atom. The van der Waals surface area contributed by atoms with Gasteiger partial charge in [0.25, 0.3) is 10.0 Å². The second-order valence-corrected chi connectivity index (χ2v) is 8.97. The average molecular weight is 475 g/mol. The van der Waals surface area contributed by atoms with E-state index in [9.17, 15) is 8.42 Å². The summed E-state index contributed by atoms with van der Waals surface area (Å²) >= 11 is 3.27. The van der Waals surface area contributed by atoms with E-state index < -0.39 is 10.0 Å². The van der Waals surface area contributed by atoms with Crippen LogP contribution in [0.2, 0.25) is 0 Å². The smallest absolute Gasteiger partial charge is 0.263 e. The first-order valence-electron chi connectivity index (χ1n) is 9.03. The van der Waals surface area contributed by atoms with Gasteiger partial charge in [-0.3, -0.25) is 4.72 Å². The van der Waals surface area contributed by atoms with Crippen molar-refractivity contribution in [3.05, 3.63) is 65.5 Å². The van der Waals surface area contributed by atoms with Gasteiger partial charge >= 0.3 is 0 Å². The first-order valence-corrected chi connectivity index (χ1v) is 11.3. The Morgan fingerprint density at radius 2 is 1.52 bits per heavy atom. The molecule has 0 aliphatic carbocycles. The van der Waals surface area contributed by atoms with Crippen LogP contribution in [0, 0.1) is 0 Å². The Labute approximate surface area is 177 Å². The van der Waals surface area contributed by atoms with E-state index in [0.717, 1.165) is 32.0 Å². The summed E-state index contributed by atoms with van der Waals surface area (Å²) in [5, 5.41) is 0. The molecule has 8 nitrogen and oxygen atoms in total. The molecule has 150 valence electrons. The number of anilines is 3. The lowest BCUT2D eigenvalue weighted by atomic mass is 10.3. The summed E-state index contributed by atoms with van der Waals surface area (Å²) in [4.78, 5) is 17.5. The van der Waals surface area contributed by atoms with Crippen LogP contribution >= 0.6 is 15.9 Å². The Balaban J connectivity index is 1.40. The maximum Gasteiger partial charge on any atom is 0.263 e. The van der Waals surface area contributed by atoms with Crippen molar-refractivity contribution in [3.63, 3.8) is 0 Å². The molecule has 0 bridgehead atoms. The molecule has 3 heterocycles. The van der Waals surface area contributed by atoms with Gasteiger partial charge in [-0.1, -0.05) is 18.2 Å². The van der Waals surface area contributed by atoms with Gasteiger partial charge in [0.2, 0.25) is 5.95 Å². The Morgan fingerprint density at radius 1 is 0.862 bits per heavy atom. The van der Waals surface area contributed by atoms with Gasteiger partial charge < -0.3 is 9.80 Å². The first kappa shape index (κ1) is 19.6. The van der Waals surface area contributed by atoms with Crippen LogP contribution in [0.1, 0.15) is 0 Å². The highest BCUT2D eigenvalue weighted by molar-refractivity contribution is 9.10. The molecule has 0 amide bonds. The summed E-state index contributed by atoms with van der Waals surface area (Å²) in [7, 11) is -3.72. The van der Waals surface area contributed by atoms with Gasteiger partial charge in [0.1, 0.15) is 10.7 Å². The maximum absolute atomic E-state index is 12.6. The molecule has 29 heavy (non-hydrogen) atoms. The fourth-order valence-corrected chi connectivity index (χ4v) is 5.12. The highest BCUT2D eigenvalue weighted by Gasteiger charge is 2.21. The molecule has 3 aromatic rings. The van der Waals surface area contributed by atoms with Gasteiger partial charge in [0.15, 0.2) is 0 Å².